The van der Waals surface area contributed by atoms with Gasteiger partial charge in [-0.1, -0.05) is 0 Å². The lowest BCUT2D eigenvalue weighted by atomic mass is 10.4. The van der Waals surface area contributed by atoms with Crippen LogP contribution in [-0.2, 0) is 0 Å². The number of pyridine rings is 1. The van der Waals surface area contributed by atoms with Crippen molar-refractivity contribution in [2.24, 2.45) is 0 Å². The molecule has 2 N–H and O–H groups in total. The first-order valence-corrected chi connectivity index (χ1v) is 2.14. The van der Waals surface area contributed by atoms with Gasteiger partial charge in [-0.15, -0.1) is 0 Å². The van der Waals surface area contributed by atoms with Crippen molar-refractivity contribution in [3.05, 3.63) is 18.4 Å². The second-order valence-corrected chi connectivity index (χ2v) is 1.31. The van der Waals surface area contributed by atoms with E-state index in [1.54, 1.807) is 0 Å². The van der Waals surface area contributed by atoms with Gasteiger partial charge in [0.2, 0.25) is 0 Å². The van der Waals surface area contributed by atoms with Gasteiger partial charge in [0.25, 0.3) is 0 Å². The lowest BCUT2D eigenvalue weighted by molar-refractivity contribution is 0.416. The quantitative estimate of drug-likeness (QED) is 0.608. The Morgan fingerprint density at radius 1 is 2.00 bits per heavy atom. The van der Waals surface area contributed by atoms with Crippen LogP contribution in [0.4, 0.5) is 5.69 Å². The number of nitrogens with zero attached hydrogens (tertiary/aromatic N) is 1. The highest BCUT2D eigenvalue weighted by Gasteiger charge is 1.92. The van der Waals surface area contributed by atoms with Crippen LogP contribution < -0.4 is 10.5 Å². The van der Waals surface area contributed by atoms with Gasteiger partial charge in [-0.3, -0.25) is 4.98 Å². The summed E-state index contributed by atoms with van der Waals surface area (Å²) in [5.41, 5.74) is 4.98. The fraction of sp³-hybridized carbons (Fsp3) is 0.167. The van der Waals surface area contributed by atoms with Gasteiger partial charge < -0.3 is 10.5 Å². The lowest BCUT2D eigenvalue weighted by Gasteiger charge is -1.99. The molecule has 0 aliphatic heterocycles. The zero-order valence-electron chi connectivity index (χ0n) is 10.4. The van der Waals surface area contributed by atoms with E-state index in [2.05, 4.69) is 9.72 Å². The summed E-state index contributed by atoms with van der Waals surface area (Å²) in [4.78, 5) is 3.32. The Morgan fingerprint density at radius 3 is 3.67 bits per heavy atom. The minimum Gasteiger partial charge on any atom is -0.494 e. The average molecular weight is 130 g/mol. The van der Waals surface area contributed by atoms with Crippen molar-refractivity contribution < 1.29 is 13.0 Å². The summed E-state index contributed by atoms with van der Waals surface area (Å²) in [7, 11) is -2.77. The topological polar surface area (TPSA) is 48.1 Å². The number of hydrogen-bond acceptors (Lipinski definition) is 3. The van der Waals surface area contributed by atoms with Gasteiger partial charge in [0.05, 0.1) is 27.1 Å². The van der Waals surface area contributed by atoms with Crippen LogP contribution >= 0.6 is 0 Å². The minimum atomic E-state index is -2.77. The second kappa shape index (κ2) is 2.35. The predicted molar refractivity (Wildman–Crippen MR) is 35.2 cm³/mol. The number of rotatable bonds is 1. The molecule has 0 atom stereocenters. The zero-order valence-corrected chi connectivity index (χ0v) is 4.43. The average Bonchev–Trinajstić information content (AvgIpc) is 2.08. The van der Waals surface area contributed by atoms with Crippen LogP contribution in [-0.4, -0.2) is 12.0 Å². The zero-order chi connectivity index (χ0) is 11.8. The molecule has 3 heteroatoms. The molecule has 0 fully saturated rings. The van der Waals surface area contributed by atoms with E-state index in [0.29, 0.717) is 0 Å². The third-order valence-corrected chi connectivity index (χ3v) is 0.748. The van der Waals surface area contributed by atoms with Gasteiger partial charge in [0.1, 0.15) is 5.75 Å². The largest absolute Gasteiger partial charge is 0.494 e. The molecule has 0 amide bonds. The standard InChI is InChI=1S/C6H8N2O/c1-9-6-2-3-8-4-5(6)7/h2-4H,7H2,1H3/i1D3,2D,3D,4D. The first-order chi connectivity index (χ1) is 6.72. The number of methoxy groups -OCH3 is 1. The van der Waals surface area contributed by atoms with Crippen LogP contribution in [0.1, 0.15) is 8.22 Å². The summed E-state index contributed by atoms with van der Waals surface area (Å²) in [6.45, 7) is 0. The van der Waals surface area contributed by atoms with Crippen LogP contribution in [0, 0.1) is 0 Å². The summed E-state index contributed by atoms with van der Waals surface area (Å²) >= 11 is 0. The molecule has 0 radical (unpaired) electrons. The van der Waals surface area contributed by atoms with Gasteiger partial charge in [-0.2, -0.15) is 0 Å². The molecule has 0 saturated heterocycles. The van der Waals surface area contributed by atoms with E-state index < -0.39 is 31.2 Å². The minimum absolute atomic E-state index is 0.355. The van der Waals surface area contributed by atoms with Crippen molar-refractivity contribution in [2.75, 3.05) is 12.8 Å². The SMILES string of the molecule is [2H]c1nc([2H])c(N)c(OC([2H])([2H])[2H])c1[2H]. The highest BCUT2D eigenvalue weighted by molar-refractivity contribution is 5.49. The fourth-order valence-corrected chi connectivity index (χ4v) is 0.366. The van der Waals surface area contributed by atoms with E-state index in [0.717, 1.165) is 0 Å². The highest BCUT2D eigenvalue weighted by atomic mass is 16.5. The van der Waals surface area contributed by atoms with Crippen LogP contribution in [0.5, 0.6) is 5.75 Å². The molecule has 0 unspecified atom stereocenters. The fourth-order valence-electron chi connectivity index (χ4n) is 0.366. The van der Waals surface area contributed by atoms with Crippen LogP contribution in [0.2, 0.25) is 0 Å². The van der Waals surface area contributed by atoms with Crippen molar-refractivity contribution in [1.29, 1.82) is 0 Å². The smallest absolute Gasteiger partial charge is 0.144 e. The van der Waals surface area contributed by atoms with E-state index in [4.69, 9.17) is 14.0 Å². The Kier molecular flexibility index (Phi) is 0.487. The molecular weight excluding hydrogens is 116 g/mol. The van der Waals surface area contributed by atoms with E-state index in [-0.39, 0.29) is 5.69 Å². The van der Waals surface area contributed by atoms with E-state index in [9.17, 15) is 0 Å². The van der Waals surface area contributed by atoms with Crippen molar-refractivity contribution in [2.45, 2.75) is 0 Å². The molecule has 1 heterocycles. The number of hydrogen-bond donors (Lipinski definition) is 1. The molecule has 1 aromatic rings. The molecule has 1 rings (SSSR count). The number of nitrogen functional groups attached to an aromatic ring is 1. The third kappa shape index (κ3) is 1.10. The number of ether oxygens (including phenoxy) is 1. The van der Waals surface area contributed by atoms with E-state index in [1.807, 2.05) is 0 Å². The van der Waals surface area contributed by atoms with Crippen molar-refractivity contribution in [3.8, 4) is 5.75 Å². The first-order valence-electron chi connectivity index (χ1n) is 5.14. The molecule has 1 aromatic heterocycles. The molecule has 0 bridgehead atoms. The Balaban J connectivity index is 3.27. The van der Waals surface area contributed by atoms with Gasteiger partial charge in [0.15, 0.2) is 0 Å². The maximum Gasteiger partial charge on any atom is 0.144 e. The number of nitrogens with two attached hydrogens (primary N) is 1. The summed E-state index contributed by atoms with van der Waals surface area (Å²) in [6.07, 6.45) is -1.02. The summed E-state index contributed by atoms with van der Waals surface area (Å²) < 4.78 is 46.6. The van der Waals surface area contributed by atoms with Gasteiger partial charge in [-0.25, -0.2) is 0 Å². The van der Waals surface area contributed by atoms with Gasteiger partial charge >= 0.3 is 0 Å². The van der Waals surface area contributed by atoms with Crippen molar-refractivity contribution in [1.82, 2.24) is 4.98 Å². The van der Waals surface area contributed by atoms with Gasteiger partial charge in [-0.05, 0) is 0 Å². The monoisotopic (exact) mass is 130 g/mol. The van der Waals surface area contributed by atoms with Crippen LogP contribution in [0.3, 0.4) is 0 Å². The summed E-state index contributed by atoms with van der Waals surface area (Å²) in [6, 6.07) is -0.542. The molecular formula is C6H8N2O. The molecule has 0 spiro atoms. The molecule has 48 valence electrons. The van der Waals surface area contributed by atoms with Crippen molar-refractivity contribution in [3.63, 3.8) is 0 Å². The Morgan fingerprint density at radius 2 is 2.89 bits per heavy atom. The second-order valence-electron chi connectivity index (χ2n) is 1.31. The number of anilines is 1. The highest BCUT2D eigenvalue weighted by Crippen LogP contribution is 2.16. The Labute approximate surface area is 61.9 Å². The van der Waals surface area contributed by atoms with Gasteiger partial charge in [0, 0.05) is 12.2 Å². The maximum absolute atomic E-state index is 7.32. The Bertz CT molecular complexity index is 364. The van der Waals surface area contributed by atoms with Crippen LogP contribution in [0.25, 0.3) is 0 Å². The molecule has 9 heavy (non-hydrogen) atoms. The predicted octanol–water partition coefficient (Wildman–Crippen LogP) is 0.672. The summed E-state index contributed by atoms with van der Waals surface area (Å²) in [5.74, 6) is -0.500. The maximum atomic E-state index is 7.32. The normalized spacial score (nSPS) is 20.0. The molecule has 0 aliphatic carbocycles. The van der Waals surface area contributed by atoms with Crippen LogP contribution in [0.15, 0.2) is 18.4 Å². The third-order valence-electron chi connectivity index (χ3n) is 0.748. The molecule has 0 saturated carbocycles. The van der Waals surface area contributed by atoms with E-state index >= 15 is 0 Å². The number of aromatic nitrogens is 1. The van der Waals surface area contributed by atoms with E-state index in [1.165, 1.54) is 0 Å². The summed E-state index contributed by atoms with van der Waals surface area (Å²) in [5, 5.41) is 0. The first kappa shape index (κ1) is 1.87. The molecule has 3 nitrogen and oxygen atoms in total. The molecule has 0 aliphatic rings. The molecule has 0 aromatic carbocycles. The van der Waals surface area contributed by atoms with Crippen molar-refractivity contribution >= 4 is 5.69 Å². The lowest BCUT2D eigenvalue weighted by Crippen LogP contribution is -1.91. The Hall–Kier alpha value is -1.25.